The van der Waals surface area contributed by atoms with Gasteiger partial charge in [0.25, 0.3) is 5.91 Å². The van der Waals surface area contributed by atoms with Gasteiger partial charge in [0.1, 0.15) is 10.6 Å². The van der Waals surface area contributed by atoms with Gasteiger partial charge in [-0.25, -0.2) is 4.79 Å². The summed E-state index contributed by atoms with van der Waals surface area (Å²) in [6.07, 6.45) is 1.87. The molecule has 140 valence electrons. The molecule has 3 aromatic rings. The molecule has 3 heterocycles. The number of nitrogens with one attached hydrogen (secondary N) is 1. The van der Waals surface area contributed by atoms with Crippen LogP contribution in [0.1, 0.15) is 28.5 Å². The normalized spacial score (nSPS) is 10.6. The Morgan fingerprint density at radius 1 is 1.19 bits per heavy atom. The van der Waals surface area contributed by atoms with Crippen LogP contribution in [0, 0.1) is 13.8 Å². The third kappa shape index (κ3) is 4.26. The Labute approximate surface area is 166 Å². The van der Waals surface area contributed by atoms with E-state index < -0.39 is 5.97 Å². The first-order valence-corrected chi connectivity index (χ1v) is 10.3. The molecule has 3 aromatic heterocycles. The van der Waals surface area contributed by atoms with Gasteiger partial charge in [-0.15, -0.1) is 22.7 Å². The van der Waals surface area contributed by atoms with Crippen molar-refractivity contribution in [2.24, 2.45) is 0 Å². The molecular formula is C20H21N2O3S2+. The number of ether oxygens (including phenoxy) is 1. The van der Waals surface area contributed by atoms with Crippen LogP contribution in [0.15, 0.2) is 41.2 Å². The van der Waals surface area contributed by atoms with Crippen LogP contribution < -0.4 is 9.88 Å². The van der Waals surface area contributed by atoms with Crippen LogP contribution in [0.5, 0.6) is 0 Å². The predicted molar refractivity (Wildman–Crippen MR) is 108 cm³/mol. The number of aromatic nitrogens is 1. The lowest BCUT2D eigenvalue weighted by Crippen LogP contribution is -2.43. The lowest BCUT2D eigenvalue weighted by molar-refractivity contribution is -0.690. The van der Waals surface area contributed by atoms with Crippen LogP contribution in [-0.4, -0.2) is 18.5 Å². The number of carbonyl (C=O) groups excluding carboxylic acids is 2. The van der Waals surface area contributed by atoms with Gasteiger partial charge < -0.3 is 10.1 Å². The summed E-state index contributed by atoms with van der Waals surface area (Å²) in [5.74, 6) is -0.601. The van der Waals surface area contributed by atoms with E-state index in [1.165, 1.54) is 11.3 Å². The molecule has 3 rings (SSSR count). The monoisotopic (exact) mass is 401 g/mol. The zero-order chi connectivity index (χ0) is 19.4. The first-order chi connectivity index (χ1) is 13.0. The van der Waals surface area contributed by atoms with Gasteiger partial charge in [0.2, 0.25) is 6.54 Å². The van der Waals surface area contributed by atoms with Gasteiger partial charge in [0.05, 0.1) is 6.61 Å². The van der Waals surface area contributed by atoms with E-state index in [9.17, 15) is 9.59 Å². The average Bonchev–Trinajstić information content (AvgIpc) is 3.28. The Hall–Kier alpha value is -2.51. The number of hydrogen-bond acceptors (Lipinski definition) is 5. The molecule has 5 nitrogen and oxygen atoms in total. The molecule has 0 fully saturated rings. The highest BCUT2D eigenvalue weighted by Crippen LogP contribution is 2.38. The summed E-state index contributed by atoms with van der Waals surface area (Å²) in [5.41, 5.74) is 3.36. The number of carbonyl (C=O) groups is 2. The van der Waals surface area contributed by atoms with Crippen LogP contribution in [-0.2, 0) is 16.1 Å². The maximum absolute atomic E-state index is 12.6. The molecule has 0 aliphatic carbocycles. The van der Waals surface area contributed by atoms with Gasteiger partial charge in [-0.1, -0.05) is 6.07 Å². The first kappa shape index (κ1) is 19.3. The van der Waals surface area contributed by atoms with E-state index in [0.29, 0.717) is 10.6 Å². The fraction of sp³-hybridized carbons (Fsp3) is 0.250. The molecule has 1 amide bonds. The zero-order valence-electron chi connectivity index (χ0n) is 15.4. The summed E-state index contributed by atoms with van der Waals surface area (Å²) in [5, 5.41) is 7.25. The molecule has 27 heavy (non-hydrogen) atoms. The minimum absolute atomic E-state index is 0.182. The highest BCUT2D eigenvalue weighted by Gasteiger charge is 2.24. The van der Waals surface area contributed by atoms with Gasteiger partial charge in [-0.2, -0.15) is 4.57 Å². The Balaban J connectivity index is 1.87. The quantitative estimate of drug-likeness (QED) is 0.498. The molecule has 1 N–H and O–H groups in total. The van der Waals surface area contributed by atoms with Gasteiger partial charge >= 0.3 is 5.97 Å². The second kappa shape index (κ2) is 8.45. The maximum atomic E-state index is 12.6. The van der Waals surface area contributed by atoms with Gasteiger partial charge in [-0.05, 0) is 31.4 Å². The Kier molecular flexibility index (Phi) is 6.03. The predicted octanol–water partition coefficient (Wildman–Crippen LogP) is 4.20. The smallest absolute Gasteiger partial charge is 0.341 e. The lowest BCUT2D eigenvalue weighted by atomic mass is 10.1. The highest BCUT2D eigenvalue weighted by atomic mass is 32.1. The van der Waals surface area contributed by atoms with Crippen LogP contribution in [0.4, 0.5) is 5.00 Å². The Bertz CT molecular complexity index is 962. The molecule has 0 aliphatic rings. The average molecular weight is 402 g/mol. The van der Waals surface area contributed by atoms with Crippen molar-refractivity contribution in [2.75, 3.05) is 11.9 Å². The minimum atomic E-state index is -0.420. The fourth-order valence-corrected chi connectivity index (χ4v) is 4.50. The minimum Gasteiger partial charge on any atom is -0.462 e. The molecule has 0 bridgehead atoms. The van der Waals surface area contributed by atoms with E-state index in [1.54, 1.807) is 18.3 Å². The van der Waals surface area contributed by atoms with E-state index in [4.69, 9.17) is 4.74 Å². The van der Waals surface area contributed by atoms with Crippen LogP contribution >= 0.6 is 22.7 Å². The molecule has 0 spiro atoms. The molecule has 7 heteroatoms. The molecule has 0 radical (unpaired) electrons. The molecule has 0 saturated heterocycles. The SMILES string of the molecule is CCOC(=O)c1c(-c2cccs2)csc1NC(=O)C[n+]1cccc(C)c1C. The molecule has 0 saturated carbocycles. The van der Waals surface area contributed by atoms with Crippen molar-refractivity contribution in [3.8, 4) is 10.4 Å². The number of aryl methyl sites for hydroxylation is 1. The number of thiophene rings is 2. The van der Waals surface area contributed by atoms with Crippen molar-refractivity contribution in [1.29, 1.82) is 0 Å². The standard InChI is InChI=1S/C20H20N2O3S2/c1-4-25-20(24)18-15(16-8-6-10-26-16)12-27-19(18)21-17(23)11-22-9-5-7-13(2)14(22)3/h5-10,12H,4,11H2,1-3H3/p+1. The topological polar surface area (TPSA) is 59.3 Å². The van der Waals surface area contributed by atoms with Crippen molar-refractivity contribution >= 4 is 39.6 Å². The number of esters is 1. The fourth-order valence-electron chi connectivity index (χ4n) is 2.71. The second-order valence-electron chi connectivity index (χ2n) is 6.00. The summed E-state index contributed by atoms with van der Waals surface area (Å²) in [6.45, 7) is 6.22. The third-order valence-electron chi connectivity index (χ3n) is 4.24. The first-order valence-electron chi connectivity index (χ1n) is 8.59. The summed E-state index contributed by atoms with van der Waals surface area (Å²) in [6, 6.07) is 7.81. The molecule has 0 aromatic carbocycles. The van der Waals surface area contributed by atoms with E-state index in [-0.39, 0.29) is 19.1 Å². The van der Waals surface area contributed by atoms with E-state index >= 15 is 0 Å². The molecule has 0 atom stereocenters. The number of amides is 1. The second-order valence-corrected chi connectivity index (χ2v) is 7.83. The van der Waals surface area contributed by atoms with Crippen molar-refractivity contribution in [3.63, 3.8) is 0 Å². The van der Waals surface area contributed by atoms with Gasteiger partial charge in [0.15, 0.2) is 11.9 Å². The van der Waals surface area contributed by atoms with E-state index in [2.05, 4.69) is 5.32 Å². The summed E-state index contributed by atoms with van der Waals surface area (Å²) < 4.78 is 7.11. The van der Waals surface area contributed by atoms with E-state index in [0.717, 1.165) is 21.7 Å². The summed E-state index contributed by atoms with van der Waals surface area (Å²) in [7, 11) is 0. The largest absolute Gasteiger partial charge is 0.462 e. The summed E-state index contributed by atoms with van der Waals surface area (Å²) in [4.78, 5) is 26.1. The van der Waals surface area contributed by atoms with Crippen LogP contribution in [0.3, 0.4) is 0 Å². The van der Waals surface area contributed by atoms with Crippen molar-refractivity contribution in [3.05, 3.63) is 58.0 Å². The zero-order valence-corrected chi connectivity index (χ0v) is 17.1. The van der Waals surface area contributed by atoms with Crippen molar-refractivity contribution in [1.82, 2.24) is 0 Å². The number of anilines is 1. The molecule has 0 aliphatic heterocycles. The third-order valence-corrected chi connectivity index (χ3v) is 6.04. The van der Waals surface area contributed by atoms with Crippen molar-refractivity contribution < 1.29 is 18.9 Å². The van der Waals surface area contributed by atoms with Gasteiger partial charge in [-0.3, -0.25) is 4.79 Å². The maximum Gasteiger partial charge on any atom is 0.341 e. The Morgan fingerprint density at radius 2 is 2.00 bits per heavy atom. The lowest BCUT2D eigenvalue weighted by Gasteiger charge is -2.08. The number of nitrogens with zero attached hydrogens (tertiary/aromatic N) is 1. The highest BCUT2D eigenvalue weighted by molar-refractivity contribution is 7.17. The van der Waals surface area contributed by atoms with Crippen molar-refractivity contribution in [2.45, 2.75) is 27.3 Å². The Morgan fingerprint density at radius 3 is 2.70 bits per heavy atom. The summed E-state index contributed by atoms with van der Waals surface area (Å²) >= 11 is 2.89. The van der Waals surface area contributed by atoms with Crippen LogP contribution in [0.25, 0.3) is 10.4 Å². The molecular weight excluding hydrogens is 380 g/mol. The number of hydrogen-bond donors (Lipinski definition) is 1. The van der Waals surface area contributed by atoms with E-state index in [1.807, 2.05) is 59.6 Å². The number of rotatable bonds is 6. The van der Waals surface area contributed by atoms with Crippen LogP contribution in [0.2, 0.25) is 0 Å². The number of pyridine rings is 1. The molecule has 0 unspecified atom stereocenters. The van der Waals surface area contributed by atoms with Gasteiger partial charge in [0, 0.05) is 34.4 Å².